The lowest BCUT2D eigenvalue weighted by Gasteiger charge is -2.01. The van der Waals surface area contributed by atoms with E-state index in [0.29, 0.717) is 12.7 Å². The molecule has 0 amide bonds. The number of hydrogen-bond acceptors (Lipinski definition) is 3. The Morgan fingerprint density at radius 2 is 1.86 bits per heavy atom. The lowest BCUT2D eigenvalue weighted by atomic mass is 10.2. The maximum atomic E-state index is 10.1. The number of halogens is 2. The van der Waals surface area contributed by atoms with Crippen LogP contribution in [0.2, 0.25) is 0 Å². The predicted molar refractivity (Wildman–Crippen MR) is 69.6 cm³/mol. The fraction of sp³-hybridized carbons (Fsp3) is 0. The molecule has 0 aliphatic rings. The van der Waals surface area contributed by atoms with Gasteiger partial charge in [-0.3, -0.25) is 10.1 Å². The van der Waals surface area contributed by atoms with Crippen LogP contribution in [0.4, 0.5) is 0 Å². The monoisotopic (exact) mass is 417 g/mol. The molecule has 0 aliphatic carbocycles. The number of hydrogen-bond donors (Lipinski definition) is 1. The fourth-order valence-electron chi connectivity index (χ4n) is 0.828. The summed E-state index contributed by atoms with van der Waals surface area (Å²) in [7, 11) is 0. The molecule has 1 aromatic rings. The molecule has 1 rings (SSSR count). The van der Waals surface area contributed by atoms with Gasteiger partial charge in [0.25, 0.3) is 0 Å². The van der Waals surface area contributed by atoms with E-state index >= 15 is 0 Å². The molecule has 0 heterocycles. The minimum absolute atomic E-state index is 0.212. The zero-order chi connectivity index (χ0) is 10.7. The van der Waals surface area contributed by atoms with E-state index in [1.807, 2.05) is 45.2 Å². The Balaban J connectivity index is 3.07. The molecule has 0 bridgehead atoms. The van der Waals surface area contributed by atoms with E-state index in [1.54, 1.807) is 12.1 Å². The van der Waals surface area contributed by atoms with Crippen molar-refractivity contribution in [1.29, 1.82) is 0 Å². The van der Waals surface area contributed by atoms with Crippen LogP contribution in [-0.2, 0) is 0 Å². The maximum absolute atomic E-state index is 10.1. The summed E-state index contributed by atoms with van der Waals surface area (Å²) in [6.07, 6.45) is 2.27. The van der Waals surface area contributed by atoms with Crippen LogP contribution in [0.25, 0.3) is 6.08 Å². The van der Waals surface area contributed by atoms with E-state index in [2.05, 4.69) is 0 Å². The second-order valence-electron chi connectivity index (χ2n) is 2.43. The first kappa shape index (κ1) is 11.7. The Labute approximate surface area is 107 Å². The summed E-state index contributed by atoms with van der Waals surface area (Å²) in [6, 6.07) is 3.36. The molecule has 0 spiro atoms. The van der Waals surface area contributed by atoms with Gasteiger partial charge >= 0.3 is 0 Å². The van der Waals surface area contributed by atoms with Gasteiger partial charge in [0.2, 0.25) is 6.20 Å². The Morgan fingerprint density at radius 3 is 2.29 bits per heavy atom. The van der Waals surface area contributed by atoms with Crippen molar-refractivity contribution < 1.29 is 10.0 Å². The number of phenolic OH excluding ortho intramolecular Hbond substituents is 1. The van der Waals surface area contributed by atoms with Crippen molar-refractivity contribution >= 4 is 51.3 Å². The van der Waals surface area contributed by atoms with E-state index in [0.717, 1.165) is 6.20 Å². The molecular formula is C8H5I2NO3. The SMILES string of the molecule is O=[N+]([O-])/C=C/c1cc(I)c(O)c(I)c1. The standard InChI is InChI=1S/C8H5I2NO3/c9-6-3-5(1-2-11(13)14)4-7(10)8(6)12/h1-4,12H/b2-1+. The Morgan fingerprint density at radius 1 is 1.36 bits per heavy atom. The van der Waals surface area contributed by atoms with Crippen LogP contribution >= 0.6 is 45.2 Å². The van der Waals surface area contributed by atoms with Crippen LogP contribution in [0.1, 0.15) is 5.56 Å². The summed E-state index contributed by atoms with van der Waals surface area (Å²) in [5, 5.41) is 19.5. The van der Waals surface area contributed by atoms with E-state index < -0.39 is 4.92 Å². The summed E-state index contributed by atoms with van der Waals surface area (Å²) < 4.78 is 1.36. The normalized spacial score (nSPS) is 10.7. The zero-order valence-electron chi connectivity index (χ0n) is 6.78. The summed E-state index contributed by atoms with van der Waals surface area (Å²) in [4.78, 5) is 9.55. The molecule has 0 unspecified atom stereocenters. The third kappa shape index (κ3) is 3.08. The molecule has 4 nitrogen and oxygen atoms in total. The van der Waals surface area contributed by atoms with Crippen molar-refractivity contribution in [2.45, 2.75) is 0 Å². The van der Waals surface area contributed by atoms with Gasteiger partial charge in [0, 0.05) is 6.08 Å². The molecule has 14 heavy (non-hydrogen) atoms. The van der Waals surface area contributed by atoms with Gasteiger partial charge in [0.1, 0.15) is 5.75 Å². The van der Waals surface area contributed by atoms with Gasteiger partial charge in [-0.25, -0.2) is 0 Å². The van der Waals surface area contributed by atoms with Crippen molar-refractivity contribution in [2.24, 2.45) is 0 Å². The second-order valence-corrected chi connectivity index (χ2v) is 4.76. The lowest BCUT2D eigenvalue weighted by Crippen LogP contribution is -1.85. The molecular weight excluding hydrogens is 412 g/mol. The van der Waals surface area contributed by atoms with Gasteiger partial charge in [-0.05, 0) is 62.9 Å². The third-order valence-electron chi connectivity index (χ3n) is 1.43. The Kier molecular flexibility index (Phi) is 4.11. The van der Waals surface area contributed by atoms with Crippen LogP contribution in [0.5, 0.6) is 5.75 Å². The molecule has 0 saturated carbocycles. The lowest BCUT2D eigenvalue weighted by molar-refractivity contribution is -0.400. The van der Waals surface area contributed by atoms with E-state index in [4.69, 9.17) is 0 Å². The van der Waals surface area contributed by atoms with Crippen LogP contribution in [-0.4, -0.2) is 10.0 Å². The number of nitro groups is 1. The van der Waals surface area contributed by atoms with Gasteiger partial charge < -0.3 is 5.11 Å². The second kappa shape index (κ2) is 4.91. The molecule has 0 fully saturated rings. The third-order valence-corrected chi connectivity index (χ3v) is 3.07. The number of rotatable bonds is 2. The van der Waals surface area contributed by atoms with E-state index in [-0.39, 0.29) is 5.75 Å². The molecule has 1 N–H and O–H groups in total. The average molecular weight is 417 g/mol. The quantitative estimate of drug-likeness (QED) is 0.458. The minimum atomic E-state index is -0.521. The summed E-state index contributed by atoms with van der Waals surface area (Å²) in [6.45, 7) is 0. The number of benzene rings is 1. The van der Waals surface area contributed by atoms with Gasteiger partial charge in [-0.2, -0.15) is 0 Å². The smallest absolute Gasteiger partial charge is 0.235 e. The van der Waals surface area contributed by atoms with E-state index in [9.17, 15) is 15.2 Å². The highest BCUT2D eigenvalue weighted by atomic mass is 127. The van der Waals surface area contributed by atoms with Crippen LogP contribution in [0.15, 0.2) is 18.3 Å². The summed E-state index contributed by atoms with van der Waals surface area (Å²) >= 11 is 3.95. The van der Waals surface area contributed by atoms with E-state index in [1.165, 1.54) is 6.08 Å². The summed E-state index contributed by atoms with van der Waals surface area (Å²) in [5.41, 5.74) is 0.702. The number of aromatic hydroxyl groups is 1. The maximum Gasteiger partial charge on any atom is 0.235 e. The largest absolute Gasteiger partial charge is 0.506 e. The van der Waals surface area contributed by atoms with Crippen molar-refractivity contribution in [3.8, 4) is 5.75 Å². The topological polar surface area (TPSA) is 63.4 Å². The Bertz CT molecular complexity index is 381. The van der Waals surface area contributed by atoms with Gasteiger partial charge in [0.05, 0.1) is 12.1 Å². The molecule has 0 saturated heterocycles. The first-order chi connectivity index (χ1) is 6.50. The first-order valence-electron chi connectivity index (χ1n) is 3.50. The van der Waals surface area contributed by atoms with Gasteiger partial charge in [-0.15, -0.1) is 0 Å². The molecule has 0 aliphatic heterocycles. The molecule has 0 aromatic heterocycles. The fourth-order valence-corrected chi connectivity index (χ4v) is 2.64. The molecule has 0 radical (unpaired) electrons. The Hall–Kier alpha value is -0.380. The van der Waals surface area contributed by atoms with Gasteiger partial charge in [0.15, 0.2) is 0 Å². The molecule has 6 heteroatoms. The molecule has 74 valence electrons. The van der Waals surface area contributed by atoms with Crippen molar-refractivity contribution in [2.75, 3.05) is 0 Å². The first-order valence-corrected chi connectivity index (χ1v) is 5.66. The van der Waals surface area contributed by atoms with Gasteiger partial charge in [-0.1, -0.05) is 0 Å². The minimum Gasteiger partial charge on any atom is -0.506 e. The average Bonchev–Trinajstić information content (AvgIpc) is 2.10. The zero-order valence-corrected chi connectivity index (χ0v) is 11.1. The highest BCUT2D eigenvalue weighted by Gasteiger charge is 2.04. The summed E-state index contributed by atoms with van der Waals surface area (Å²) in [5.74, 6) is 0.212. The van der Waals surface area contributed by atoms with Crippen LogP contribution in [0.3, 0.4) is 0 Å². The highest BCUT2D eigenvalue weighted by molar-refractivity contribution is 14.1. The van der Waals surface area contributed by atoms with Crippen molar-refractivity contribution in [3.63, 3.8) is 0 Å². The van der Waals surface area contributed by atoms with Crippen LogP contribution in [0, 0.1) is 17.3 Å². The molecule has 0 atom stereocenters. The van der Waals surface area contributed by atoms with Crippen molar-refractivity contribution in [3.05, 3.63) is 41.2 Å². The predicted octanol–water partition coefficient (Wildman–Crippen LogP) is 2.85. The molecule has 1 aromatic carbocycles. The number of phenols is 1. The van der Waals surface area contributed by atoms with Crippen LogP contribution < -0.4 is 0 Å². The van der Waals surface area contributed by atoms with Crippen molar-refractivity contribution in [1.82, 2.24) is 0 Å². The number of nitrogens with zero attached hydrogens (tertiary/aromatic N) is 1. The highest BCUT2D eigenvalue weighted by Crippen LogP contribution is 2.27.